The maximum atomic E-state index is 12.0. The smallest absolute Gasteiger partial charge is 0.325 e. The average Bonchev–Trinajstić information content (AvgIpc) is 2.80. The Balaban J connectivity index is 2.03. The van der Waals surface area contributed by atoms with Crippen LogP contribution in [0.1, 0.15) is 31.9 Å². The maximum absolute atomic E-state index is 12.0. The van der Waals surface area contributed by atoms with Crippen molar-refractivity contribution < 1.29 is 9.90 Å². The number of nitrogens with zero attached hydrogens (tertiary/aromatic N) is 1. The second-order valence-corrected chi connectivity index (χ2v) is 7.01. The number of carbonyl (C=O) groups is 1. The predicted molar refractivity (Wildman–Crippen MR) is 88.2 cm³/mol. The Kier molecular flexibility index (Phi) is 4.15. The van der Waals surface area contributed by atoms with Crippen LogP contribution in [0.25, 0.3) is 10.9 Å². The molecule has 0 saturated carbocycles. The molecule has 1 aliphatic rings. The number of H-pyrrole nitrogens is 1. The molecular weight excluding hydrogens is 300 g/mol. The zero-order chi connectivity index (χ0) is 15.9. The molecule has 1 aromatic heterocycles. The van der Waals surface area contributed by atoms with E-state index in [1.165, 1.54) is 0 Å². The maximum Gasteiger partial charge on any atom is 0.325 e. The number of nitrogens with one attached hydrogen (secondary N) is 1. The van der Waals surface area contributed by atoms with Gasteiger partial charge < -0.3 is 10.1 Å². The molecule has 0 unspecified atom stereocenters. The van der Waals surface area contributed by atoms with E-state index in [0.29, 0.717) is 16.9 Å². The lowest BCUT2D eigenvalue weighted by Crippen LogP contribution is -2.43. The highest BCUT2D eigenvalue weighted by Crippen LogP contribution is 2.34. The van der Waals surface area contributed by atoms with Crippen molar-refractivity contribution in [1.29, 1.82) is 0 Å². The van der Waals surface area contributed by atoms with E-state index in [1.54, 1.807) is 0 Å². The van der Waals surface area contributed by atoms with Crippen molar-refractivity contribution >= 4 is 28.5 Å². The molecule has 118 valence electrons. The summed E-state index contributed by atoms with van der Waals surface area (Å²) in [5.74, 6) is 0.223. The molecule has 2 heterocycles. The second-order valence-electron chi connectivity index (χ2n) is 6.57. The fourth-order valence-corrected chi connectivity index (χ4v) is 3.92. The summed E-state index contributed by atoms with van der Waals surface area (Å²) in [5.41, 5.74) is 1.72. The standard InChI is InChI=1S/C17H21ClN2O2/c1-10-5-11(2)9-20(8-10)16(17(21)22)14-7-19-15-4-3-12(18)6-13(14)15/h3-4,6-7,10-11,16,19H,5,8-9H2,1-2H3,(H,21,22)/t10-,11+,16-/m0/s1. The number of hydrogen-bond acceptors (Lipinski definition) is 2. The Bertz CT molecular complexity index is 687. The van der Waals surface area contributed by atoms with Crippen molar-refractivity contribution in [3.63, 3.8) is 0 Å². The molecule has 2 N–H and O–H groups in total. The molecule has 0 aliphatic carbocycles. The van der Waals surface area contributed by atoms with Gasteiger partial charge in [0, 0.05) is 40.8 Å². The Morgan fingerprint density at radius 1 is 1.36 bits per heavy atom. The van der Waals surface area contributed by atoms with Crippen LogP contribution < -0.4 is 0 Å². The van der Waals surface area contributed by atoms with E-state index < -0.39 is 12.0 Å². The van der Waals surface area contributed by atoms with Crippen LogP contribution in [0.3, 0.4) is 0 Å². The number of fused-ring (bicyclic) bond motifs is 1. The third-order valence-electron chi connectivity index (χ3n) is 4.47. The molecule has 1 aromatic carbocycles. The van der Waals surface area contributed by atoms with E-state index >= 15 is 0 Å². The highest BCUT2D eigenvalue weighted by Gasteiger charge is 2.34. The van der Waals surface area contributed by atoms with Crippen molar-refractivity contribution in [2.45, 2.75) is 26.3 Å². The first-order valence-corrected chi connectivity index (χ1v) is 8.07. The van der Waals surface area contributed by atoms with E-state index in [9.17, 15) is 9.90 Å². The summed E-state index contributed by atoms with van der Waals surface area (Å²) in [7, 11) is 0. The number of aromatic nitrogens is 1. The quantitative estimate of drug-likeness (QED) is 0.901. The predicted octanol–water partition coefficient (Wildman–Crippen LogP) is 3.92. The third kappa shape index (κ3) is 2.85. The minimum absolute atomic E-state index is 0.513. The molecule has 3 atom stereocenters. The normalized spacial score (nSPS) is 24.5. The number of carboxylic acids is 1. The van der Waals surface area contributed by atoms with Crippen molar-refractivity contribution in [3.05, 3.63) is 35.0 Å². The summed E-state index contributed by atoms with van der Waals surface area (Å²) < 4.78 is 0. The van der Waals surface area contributed by atoms with Crippen molar-refractivity contribution in [2.24, 2.45) is 11.8 Å². The van der Waals surface area contributed by atoms with Crippen LogP contribution in [-0.2, 0) is 4.79 Å². The van der Waals surface area contributed by atoms with Gasteiger partial charge in [-0.1, -0.05) is 25.4 Å². The molecular formula is C17H21ClN2O2. The zero-order valence-electron chi connectivity index (χ0n) is 12.8. The number of aromatic amines is 1. The number of likely N-dealkylation sites (tertiary alicyclic amines) is 1. The first kappa shape index (κ1) is 15.4. The fraction of sp³-hybridized carbons (Fsp3) is 0.471. The summed E-state index contributed by atoms with van der Waals surface area (Å²) in [4.78, 5) is 17.2. The summed E-state index contributed by atoms with van der Waals surface area (Å²) in [6.07, 6.45) is 2.96. The number of piperidine rings is 1. The molecule has 0 radical (unpaired) electrons. The van der Waals surface area contributed by atoms with Gasteiger partial charge in [-0.05, 0) is 36.5 Å². The van der Waals surface area contributed by atoms with E-state index in [4.69, 9.17) is 11.6 Å². The molecule has 1 fully saturated rings. The minimum Gasteiger partial charge on any atom is -0.480 e. The second kappa shape index (κ2) is 5.94. The van der Waals surface area contributed by atoms with Crippen molar-refractivity contribution in [3.8, 4) is 0 Å². The molecule has 4 nitrogen and oxygen atoms in total. The number of rotatable bonds is 3. The lowest BCUT2D eigenvalue weighted by molar-refractivity contribution is -0.144. The third-order valence-corrected chi connectivity index (χ3v) is 4.70. The first-order valence-electron chi connectivity index (χ1n) is 7.69. The Morgan fingerprint density at radius 3 is 2.68 bits per heavy atom. The number of hydrogen-bond donors (Lipinski definition) is 2. The summed E-state index contributed by atoms with van der Waals surface area (Å²) in [6.45, 7) is 6.00. The largest absolute Gasteiger partial charge is 0.480 e. The summed E-state index contributed by atoms with van der Waals surface area (Å²) >= 11 is 6.09. The lowest BCUT2D eigenvalue weighted by Gasteiger charge is -2.38. The molecule has 1 aliphatic heterocycles. The Morgan fingerprint density at radius 2 is 2.05 bits per heavy atom. The minimum atomic E-state index is -0.804. The average molecular weight is 321 g/mol. The van der Waals surface area contributed by atoms with Gasteiger partial charge in [0.2, 0.25) is 0 Å². The van der Waals surface area contributed by atoms with Gasteiger partial charge in [0.25, 0.3) is 0 Å². The molecule has 5 heteroatoms. The van der Waals surface area contributed by atoms with E-state index in [0.717, 1.165) is 36.0 Å². The number of benzene rings is 1. The first-order chi connectivity index (χ1) is 10.5. The van der Waals surface area contributed by atoms with Crippen LogP contribution in [-0.4, -0.2) is 34.0 Å². The molecule has 0 spiro atoms. The van der Waals surface area contributed by atoms with Crippen LogP contribution in [0.4, 0.5) is 0 Å². The van der Waals surface area contributed by atoms with E-state index in [1.807, 2.05) is 24.4 Å². The topological polar surface area (TPSA) is 56.3 Å². The van der Waals surface area contributed by atoms with Crippen LogP contribution >= 0.6 is 11.6 Å². The molecule has 1 saturated heterocycles. The fourth-order valence-electron chi connectivity index (χ4n) is 3.75. The van der Waals surface area contributed by atoms with Gasteiger partial charge in [-0.15, -0.1) is 0 Å². The van der Waals surface area contributed by atoms with Crippen molar-refractivity contribution in [2.75, 3.05) is 13.1 Å². The molecule has 0 bridgehead atoms. The van der Waals surface area contributed by atoms with Gasteiger partial charge in [-0.3, -0.25) is 9.69 Å². The molecule has 22 heavy (non-hydrogen) atoms. The highest BCUT2D eigenvalue weighted by molar-refractivity contribution is 6.31. The van der Waals surface area contributed by atoms with Gasteiger partial charge >= 0.3 is 5.97 Å². The number of aliphatic carboxylic acids is 1. The van der Waals surface area contributed by atoms with Gasteiger partial charge in [-0.25, -0.2) is 0 Å². The van der Waals surface area contributed by atoms with Gasteiger partial charge in [0.15, 0.2) is 0 Å². The Labute approximate surface area is 135 Å². The SMILES string of the molecule is C[C@@H]1C[C@H](C)CN([C@H](C(=O)O)c2c[nH]c3ccc(Cl)cc23)C1. The summed E-state index contributed by atoms with van der Waals surface area (Å²) in [6, 6.07) is 4.92. The number of carboxylic acid groups (broad SMARTS) is 1. The summed E-state index contributed by atoms with van der Waals surface area (Å²) in [5, 5.41) is 11.3. The van der Waals surface area contributed by atoms with Gasteiger partial charge in [0.1, 0.15) is 6.04 Å². The zero-order valence-corrected chi connectivity index (χ0v) is 13.6. The van der Waals surface area contributed by atoms with Crippen LogP contribution in [0.2, 0.25) is 5.02 Å². The lowest BCUT2D eigenvalue weighted by atomic mass is 9.89. The monoisotopic (exact) mass is 320 g/mol. The number of halogens is 1. The van der Waals surface area contributed by atoms with Crippen LogP contribution in [0.5, 0.6) is 0 Å². The highest BCUT2D eigenvalue weighted by atomic mass is 35.5. The van der Waals surface area contributed by atoms with Crippen LogP contribution in [0.15, 0.2) is 24.4 Å². The molecule has 2 aromatic rings. The molecule has 0 amide bonds. The van der Waals surface area contributed by atoms with E-state index in [-0.39, 0.29) is 0 Å². The van der Waals surface area contributed by atoms with Crippen LogP contribution in [0, 0.1) is 11.8 Å². The molecule has 3 rings (SSSR count). The Hall–Kier alpha value is -1.52. The van der Waals surface area contributed by atoms with Gasteiger partial charge in [0.05, 0.1) is 0 Å². The van der Waals surface area contributed by atoms with Gasteiger partial charge in [-0.2, -0.15) is 0 Å². The van der Waals surface area contributed by atoms with E-state index in [2.05, 4.69) is 23.7 Å². The van der Waals surface area contributed by atoms with Crippen molar-refractivity contribution in [1.82, 2.24) is 9.88 Å².